The van der Waals surface area contributed by atoms with Crippen molar-refractivity contribution in [1.82, 2.24) is 0 Å². The summed E-state index contributed by atoms with van der Waals surface area (Å²) in [6, 6.07) is 0.407. The molecule has 0 aromatic carbocycles. The Morgan fingerprint density at radius 1 is 1.46 bits per heavy atom. The predicted octanol–water partition coefficient (Wildman–Crippen LogP) is 3.38. The molecule has 0 N–H and O–H groups in total. The molecule has 0 amide bonds. The van der Waals surface area contributed by atoms with Crippen LogP contribution in [0.4, 0.5) is 0 Å². The lowest BCUT2D eigenvalue weighted by Gasteiger charge is -2.23. The van der Waals surface area contributed by atoms with Gasteiger partial charge in [0.2, 0.25) is 0 Å². The zero-order valence-electron chi connectivity index (χ0n) is 8.83. The van der Waals surface area contributed by atoms with Gasteiger partial charge >= 0.3 is 0 Å². The van der Waals surface area contributed by atoms with Crippen molar-refractivity contribution in [3.05, 3.63) is 23.8 Å². The molecule has 0 aromatic rings. The summed E-state index contributed by atoms with van der Waals surface area (Å²) in [6.45, 7) is 6.35. The van der Waals surface area contributed by atoms with Gasteiger partial charge in [-0.1, -0.05) is 25.2 Å². The van der Waals surface area contributed by atoms with E-state index >= 15 is 0 Å². The van der Waals surface area contributed by atoms with E-state index in [-0.39, 0.29) is 0 Å². The molecule has 72 valence electrons. The zero-order chi connectivity index (χ0) is 9.68. The van der Waals surface area contributed by atoms with Crippen LogP contribution in [0.3, 0.4) is 0 Å². The minimum atomic E-state index is 0.407. The largest absolute Gasteiger partial charge is 0.290 e. The summed E-state index contributed by atoms with van der Waals surface area (Å²) in [6.07, 6.45) is 10.9. The number of nitrogens with zero attached hydrogens (tertiary/aromatic N) is 1. The van der Waals surface area contributed by atoms with Crippen LogP contribution in [-0.2, 0) is 0 Å². The Morgan fingerprint density at radius 2 is 2.23 bits per heavy atom. The van der Waals surface area contributed by atoms with Gasteiger partial charge in [-0.3, -0.25) is 4.99 Å². The monoisotopic (exact) mass is 177 g/mol. The Balaban J connectivity index is 2.76. The van der Waals surface area contributed by atoms with Crippen molar-refractivity contribution in [2.24, 2.45) is 10.9 Å². The van der Waals surface area contributed by atoms with E-state index in [9.17, 15) is 0 Å². The molecule has 0 heterocycles. The molecular weight excluding hydrogens is 158 g/mol. The molecule has 0 aliphatic heterocycles. The smallest absolute Gasteiger partial charge is 0.0744 e. The van der Waals surface area contributed by atoms with Crippen molar-refractivity contribution < 1.29 is 0 Å². The van der Waals surface area contributed by atoms with Crippen LogP contribution in [0.15, 0.2) is 28.8 Å². The van der Waals surface area contributed by atoms with Gasteiger partial charge in [0.1, 0.15) is 0 Å². The van der Waals surface area contributed by atoms with E-state index in [1.807, 2.05) is 13.1 Å². The van der Waals surface area contributed by atoms with Gasteiger partial charge in [-0.25, -0.2) is 0 Å². The van der Waals surface area contributed by atoms with Crippen molar-refractivity contribution in [3.8, 4) is 0 Å². The average molecular weight is 177 g/mol. The number of aliphatic imine (C=N–C) groups is 1. The maximum atomic E-state index is 4.49. The highest BCUT2D eigenvalue weighted by molar-refractivity contribution is 5.54. The Kier molecular flexibility index (Phi) is 3.94. The second-order valence-electron chi connectivity index (χ2n) is 3.70. The average Bonchev–Trinajstić information content (AvgIpc) is 2.10. The van der Waals surface area contributed by atoms with Crippen LogP contribution >= 0.6 is 0 Å². The summed E-state index contributed by atoms with van der Waals surface area (Å²) < 4.78 is 0. The van der Waals surface area contributed by atoms with Gasteiger partial charge in [0.05, 0.1) is 6.04 Å². The van der Waals surface area contributed by atoms with Crippen LogP contribution in [0.2, 0.25) is 0 Å². The van der Waals surface area contributed by atoms with E-state index in [0.29, 0.717) is 6.04 Å². The molecule has 0 saturated heterocycles. The highest BCUT2D eigenvalue weighted by atomic mass is 14.8. The quantitative estimate of drug-likeness (QED) is 0.573. The summed E-state index contributed by atoms with van der Waals surface area (Å²) in [5, 5.41) is 0. The lowest BCUT2D eigenvalue weighted by Crippen LogP contribution is -2.16. The molecule has 1 rings (SSSR count). The second kappa shape index (κ2) is 5.00. The molecule has 1 aliphatic carbocycles. The lowest BCUT2D eigenvalue weighted by molar-refractivity contribution is 0.478. The van der Waals surface area contributed by atoms with Crippen LogP contribution in [0.1, 0.15) is 33.6 Å². The van der Waals surface area contributed by atoms with Crippen molar-refractivity contribution in [2.45, 2.75) is 39.7 Å². The molecular formula is C12H19N. The normalized spacial score (nSPS) is 29.9. The van der Waals surface area contributed by atoms with Crippen LogP contribution in [0.5, 0.6) is 0 Å². The van der Waals surface area contributed by atoms with Gasteiger partial charge in [-0.2, -0.15) is 0 Å². The summed E-state index contributed by atoms with van der Waals surface area (Å²) in [5.74, 6) is 0.780. The third-order valence-corrected chi connectivity index (χ3v) is 2.45. The second-order valence-corrected chi connectivity index (χ2v) is 3.70. The molecule has 1 aliphatic rings. The summed E-state index contributed by atoms with van der Waals surface area (Å²) in [5.41, 5.74) is 1.39. The molecule has 0 spiro atoms. The van der Waals surface area contributed by atoms with Crippen LogP contribution in [0.25, 0.3) is 0 Å². The summed E-state index contributed by atoms with van der Waals surface area (Å²) >= 11 is 0. The molecule has 0 fully saturated rings. The van der Waals surface area contributed by atoms with Gasteiger partial charge in [0, 0.05) is 0 Å². The first kappa shape index (κ1) is 10.2. The van der Waals surface area contributed by atoms with Crippen molar-refractivity contribution in [3.63, 3.8) is 0 Å². The van der Waals surface area contributed by atoms with Gasteiger partial charge < -0.3 is 0 Å². The number of hydrogen-bond acceptors (Lipinski definition) is 1. The molecule has 1 nitrogen and oxygen atoms in total. The molecule has 0 bridgehead atoms. The number of allylic oxidation sites excluding steroid dienone is 2. The first-order valence-electron chi connectivity index (χ1n) is 5.08. The zero-order valence-corrected chi connectivity index (χ0v) is 8.83. The standard InChI is InChI=1S/C12H19N/c1-4-6-11-8-7-10(3)9-12(11)13-5-2/h4-6,8,10,12H,7,9H2,1-3H3. The summed E-state index contributed by atoms with van der Waals surface area (Å²) in [4.78, 5) is 4.49. The van der Waals surface area contributed by atoms with Crippen LogP contribution < -0.4 is 0 Å². The van der Waals surface area contributed by atoms with Crippen LogP contribution in [-0.4, -0.2) is 12.3 Å². The molecule has 0 radical (unpaired) electrons. The van der Waals surface area contributed by atoms with E-state index in [2.05, 4.69) is 37.1 Å². The first-order valence-corrected chi connectivity index (χ1v) is 5.08. The minimum Gasteiger partial charge on any atom is -0.290 e. The Morgan fingerprint density at radius 3 is 2.85 bits per heavy atom. The molecule has 2 atom stereocenters. The fraction of sp³-hybridized carbons (Fsp3) is 0.583. The molecule has 13 heavy (non-hydrogen) atoms. The van der Waals surface area contributed by atoms with Crippen molar-refractivity contribution in [2.75, 3.05) is 0 Å². The highest BCUT2D eigenvalue weighted by Crippen LogP contribution is 2.26. The molecule has 2 unspecified atom stereocenters. The summed E-state index contributed by atoms with van der Waals surface area (Å²) in [7, 11) is 0. The fourth-order valence-corrected chi connectivity index (χ4v) is 1.79. The number of hydrogen-bond donors (Lipinski definition) is 0. The van der Waals surface area contributed by atoms with Gasteiger partial charge in [-0.05, 0) is 44.4 Å². The van der Waals surface area contributed by atoms with E-state index in [1.54, 1.807) is 0 Å². The molecule has 1 heteroatoms. The van der Waals surface area contributed by atoms with Crippen molar-refractivity contribution >= 4 is 6.21 Å². The highest BCUT2D eigenvalue weighted by Gasteiger charge is 2.18. The third-order valence-electron chi connectivity index (χ3n) is 2.45. The van der Waals surface area contributed by atoms with Gasteiger partial charge in [0.25, 0.3) is 0 Å². The topological polar surface area (TPSA) is 12.4 Å². The SMILES string of the molecule is CC=CC1=CCC(C)CC1N=CC. The number of rotatable bonds is 2. The van der Waals surface area contributed by atoms with Crippen LogP contribution in [0, 0.1) is 5.92 Å². The van der Waals surface area contributed by atoms with Gasteiger partial charge in [-0.15, -0.1) is 0 Å². The van der Waals surface area contributed by atoms with E-state index in [4.69, 9.17) is 0 Å². The van der Waals surface area contributed by atoms with Crippen molar-refractivity contribution in [1.29, 1.82) is 0 Å². The minimum absolute atomic E-state index is 0.407. The Bertz CT molecular complexity index is 236. The Labute approximate surface area is 81.3 Å². The fourth-order valence-electron chi connectivity index (χ4n) is 1.79. The van der Waals surface area contributed by atoms with E-state index < -0.39 is 0 Å². The van der Waals surface area contributed by atoms with E-state index in [0.717, 1.165) is 5.92 Å². The predicted molar refractivity (Wildman–Crippen MR) is 59.2 cm³/mol. The Hall–Kier alpha value is -0.850. The first-order chi connectivity index (χ1) is 6.27. The maximum Gasteiger partial charge on any atom is 0.0744 e. The maximum absolute atomic E-state index is 4.49. The third kappa shape index (κ3) is 2.83. The lowest BCUT2D eigenvalue weighted by atomic mass is 9.87. The molecule has 0 aromatic heterocycles. The van der Waals surface area contributed by atoms with Gasteiger partial charge in [0.15, 0.2) is 0 Å². The molecule has 0 saturated carbocycles. The van der Waals surface area contributed by atoms with E-state index in [1.165, 1.54) is 18.4 Å².